The monoisotopic (exact) mass is 319 g/mol. The molecule has 0 aromatic carbocycles. The third-order valence-corrected chi connectivity index (χ3v) is 3.31. The molecule has 1 aromatic rings. The predicted molar refractivity (Wildman–Crippen MR) is 74.6 cm³/mol. The minimum absolute atomic E-state index is 0.249. The molecule has 1 atom stereocenters. The minimum atomic E-state index is 0.249. The van der Waals surface area contributed by atoms with Gasteiger partial charge in [-0.15, -0.1) is 0 Å². The van der Waals surface area contributed by atoms with E-state index in [1.165, 1.54) is 0 Å². The van der Waals surface area contributed by atoms with E-state index < -0.39 is 0 Å². The summed E-state index contributed by atoms with van der Waals surface area (Å²) in [5.41, 5.74) is 1.16. The fraction of sp³-hybridized carbons (Fsp3) is 0.750. The van der Waals surface area contributed by atoms with Crippen molar-refractivity contribution >= 4 is 15.9 Å². The lowest BCUT2D eigenvalue weighted by atomic mass is 10.1. The van der Waals surface area contributed by atoms with Crippen molar-refractivity contribution < 1.29 is 9.47 Å². The van der Waals surface area contributed by atoms with Gasteiger partial charge in [-0.3, -0.25) is 4.68 Å². The van der Waals surface area contributed by atoms with E-state index in [1.807, 2.05) is 17.9 Å². The Morgan fingerprint density at radius 3 is 2.78 bits per heavy atom. The van der Waals surface area contributed by atoms with E-state index in [0.29, 0.717) is 19.8 Å². The summed E-state index contributed by atoms with van der Waals surface area (Å²) in [5, 5.41) is 7.70. The molecule has 1 aromatic heterocycles. The fourth-order valence-electron chi connectivity index (χ4n) is 1.84. The zero-order valence-corrected chi connectivity index (χ0v) is 12.9. The zero-order chi connectivity index (χ0) is 13.4. The van der Waals surface area contributed by atoms with Gasteiger partial charge >= 0.3 is 0 Å². The summed E-state index contributed by atoms with van der Waals surface area (Å²) in [7, 11) is 3.63. The van der Waals surface area contributed by atoms with E-state index in [0.717, 1.165) is 23.1 Å². The van der Waals surface area contributed by atoms with Gasteiger partial charge in [0, 0.05) is 20.8 Å². The normalized spacial score (nSPS) is 12.9. The second-order valence-corrected chi connectivity index (χ2v) is 4.86. The average molecular weight is 320 g/mol. The van der Waals surface area contributed by atoms with Gasteiger partial charge in [-0.05, 0) is 28.9 Å². The molecule has 1 N–H and O–H groups in total. The Hall–Kier alpha value is -0.430. The van der Waals surface area contributed by atoms with Crippen molar-refractivity contribution in [3.05, 3.63) is 16.4 Å². The SMILES string of the molecule is CCNC(CCOCCOC)c1c(Br)cnn1C. The Morgan fingerprint density at radius 2 is 2.22 bits per heavy atom. The molecule has 0 radical (unpaired) electrons. The van der Waals surface area contributed by atoms with Gasteiger partial charge in [0.15, 0.2) is 0 Å². The molecule has 6 heteroatoms. The first-order valence-corrected chi connectivity index (χ1v) is 6.97. The van der Waals surface area contributed by atoms with E-state index >= 15 is 0 Å². The number of ether oxygens (including phenoxy) is 2. The molecule has 0 aliphatic heterocycles. The van der Waals surface area contributed by atoms with Crippen molar-refractivity contribution in [3.8, 4) is 0 Å². The Morgan fingerprint density at radius 1 is 1.44 bits per heavy atom. The van der Waals surface area contributed by atoms with Gasteiger partial charge in [0.05, 0.1) is 35.6 Å². The van der Waals surface area contributed by atoms with Crippen LogP contribution in [0.4, 0.5) is 0 Å². The molecule has 0 aliphatic rings. The molecule has 1 unspecified atom stereocenters. The molecule has 0 spiro atoms. The number of aromatic nitrogens is 2. The maximum absolute atomic E-state index is 5.52. The summed E-state index contributed by atoms with van der Waals surface area (Å²) in [6.45, 7) is 5.01. The van der Waals surface area contributed by atoms with Crippen LogP contribution in [0, 0.1) is 0 Å². The van der Waals surface area contributed by atoms with Gasteiger partial charge in [0.2, 0.25) is 0 Å². The summed E-state index contributed by atoms with van der Waals surface area (Å²) in [6.07, 6.45) is 2.74. The number of hydrogen-bond donors (Lipinski definition) is 1. The maximum Gasteiger partial charge on any atom is 0.0700 e. The summed E-state index contributed by atoms with van der Waals surface area (Å²) in [4.78, 5) is 0. The minimum Gasteiger partial charge on any atom is -0.382 e. The largest absolute Gasteiger partial charge is 0.382 e. The van der Waals surface area contributed by atoms with Crippen LogP contribution in [0.3, 0.4) is 0 Å². The molecule has 0 aliphatic carbocycles. The van der Waals surface area contributed by atoms with Crippen LogP contribution in [0.2, 0.25) is 0 Å². The number of nitrogens with zero attached hydrogens (tertiary/aromatic N) is 2. The molecule has 0 saturated heterocycles. The van der Waals surface area contributed by atoms with Crippen LogP contribution < -0.4 is 5.32 Å². The number of nitrogens with one attached hydrogen (secondary N) is 1. The van der Waals surface area contributed by atoms with Crippen molar-refractivity contribution in [3.63, 3.8) is 0 Å². The highest BCUT2D eigenvalue weighted by molar-refractivity contribution is 9.10. The lowest BCUT2D eigenvalue weighted by Gasteiger charge is -2.19. The van der Waals surface area contributed by atoms with Crippen molar-refractivity contribution in [2.24, 2.45) is 7.05 Å². The van der Waals surface area contributed by atoms with Crippen LogP contribution in [0.5, 0.6) is 0 Å². The second-order valence-electron chi connectivity index (χ2n) is 4.01. The number of aryl methyl sites for hydroxylation is 1. The molecule has 0 saturated carbocycles. The predicted octanol–water partition coefficient (Wildman–Crippen LogP) is 1.89. The number of hydrogen-bond acceptors (Lipinski definition) is 4. The molecule has 1 rings (SSSR count). The fourth-order valence-corrected chi connectivity index (χ4v) is 2.46. The molecule has 104 valence electrons. The molecular formula is C12H22BrN3O2. The van der Waals surface area contributed by atoms with Gasteiger partial charge in [-0.1, -0.05) is 6.92 Å². The molecule has 1 heterocycles. The van der Waals surface area contributed by atoms with Crippen molar-refractivity contribution in [2.45, 2.75) is 19.4 Å². The highest BCUT2D eigenvalue weighted by atomic mass is 79.9. The highest BCUT2D eigenvalue weighted by Crippen LogP contribution is 2.24. The van der Waals surface area contributed by atoms with Gasteiger partial charge in [0.25, 0.3) is 0 Å². The van der Waals surface area contributed by atoms with Gasteiger partial charge in [-0.2, -0.15) is 5.10 Å². The lowest BCUT2D eigenvalue weighted by molar-refractivity contribution is 0.0655. The first-order chi connectivity index (χ1) is 8.70. The van der Waals surface area contributed by atoms with Crippen LogP contribution in [0.1, 0.15) is 25.1 Å². The van der Waals surface area contributed by atoms with Crippen LogP contribution in [-0.4, -0.2) is 43.3 Å². The number of halogens is 1. The smallest absolute Gasteiger partial charge is 0.0700 e. The van der Waals surface area contributed by atoms with Crippen LogP contribution in [0.25, 0.3) is 0 Å². The molecule has 18 heavy (non-hydrogen) atoms. The third kappa shape index (κ3) is 4.68. The molecule has 5 nitrogen and oxygen atoms in total. The van der Waals surface area contributed by atoms with E-state index in [2.05, 4.69) is 33.3 Å². The van der Waals surface area contributed by atoms with Crippen LogP contribution in [0.15, 0.2) is 10.7 Å². The van der Waals surface area contributed by atoms with Crippen LogP contribution >= 0.6 is 15.9 Å². The van der Waals surface area contributed by atoms with Gasteiger partial charge < -0.3 is 14.8 Å². The Bertz CT molecular complexity index is 325. The quantitative estimate of drug-likeness (QED) is 0.706. The molecule has 0 amide bonds. The maximum atomic E-state index is 5.52. The summed E-state index contributed by atoms with van der Waals surface area (Å²) in [5.74, 6) is 0. The number of rotatable bonds is 9. The lowest BCUT2D eigenvalue weighted by Crippen LogP contribution is -2.25. The van der Waals surface area contributed by atoms with E-state index in [9.17, 15) is 0 Å². The van der Waals surface area contributed by atoms with Gasteiger partial charge in [-0.25, -0.2) is 0 Å². The standard InChI is InChI=1S/C12H22BrN3O2/c1-4-14-11(5-6-18-8-7-17-3)12-10(13)9-15-16(12)2/h9,11,14H,4-8H2,1-3H3. The van der Waals surface area contributed by atoms with Crippen molar-refractivity contribution in [1.29, 1.82) is 0 Å². The summed E-state index contributed by atoms with van der Waals surface area (Å²) in [6, 6.07) is 0.249. The Balaban J connectivity index is 2.50. The molecular weight excluding hydrogens is 298 g/mol. The van der Waals surface area contributed by atoms with Crippen LogP contribution in [-0.2, 0) is 16.5 Å². The summed E-state index contributed by atoms with van der Waals surface area (Å²) >= 11 is 3.54. The number of methoxy groups -OCH3 is 1. The van der Waals surface area contributed by atoms with Crippen molar-refractivity contribution in [2.75, 3.05) is 33.5 Å². The van der Waals surface area contributed by atoms with E-state index in [1.54, 1.807) is 7.11 Å². The first kappa shape index (κ1) is 15.6. The Kier molecular flexibility index (Phi) is 7.50. The topological polar surface area (TPSA) is 48.3 Å². The van der Waals surface area contributed by atoms with E-state index in [4.69, 9.17) is 9.47 Å². The van der Waals surface area contributed by atoms with E-state index in [-0.39, 0.29) is 6.04 Å². The highest BCUT2D eigenvalue weighted by Gasteiger charge is 2.17. The van der Waals surface area contributed by atoms with Gasteiger partial charge in [0.1, 0.15) is 0 Å². The van der Waals surface area contributed by atoms with Crippen molar-refractivity contribution in [1.82, 2.24) is 15.1 Å². The molecule has 0 bridgehead atoms. The first-order valence-electron chi connectivity index (χ1n) is 6.18. The Labute approximate surface area is 117 Å². The summed E-state index contributed by atoms with van der Waals surface area (Å²) < 4.78 is 13.4. The average Bonchev–Trinajstić information content (AvgIpc) is 2.68. The second kappa shape index (κ2) is 8.63. The third-order valence-electron chi connectivity index (χ3n) is 2.70. The zero-order valence-electron chi connectivity index (χ0n) is 11.3. The molecule has 0 fully saturated rings.